The number of hydrogen-bond acceptors (Lipinski definition) is 7. The number of carbonyl (C=O) groups excluding carboxylic acids is 1. The van der Waals surface area contributed by atoms with Crippen LogP contribution in [0.1, 0.15) is 40.9 Å². The summed E-state index contributed by atoms with van der Waals surface area (Å²) in [4.78, 5) is 17.6. The van der Waals surface area contributed by atoms with E-state index >= 15 is 0 Å². The molecule has 8 nitrogen and oxygen atoms in total. The minimum atomic E-state index is -3.21. The van der Waals surface area contributed by atoms with Gasteiger partial charge in [-0.25, -0.2) is 13.4 Å². The van der Waals surface area contributed by atoms with Gasteiger partial charge >= 0.3 is 0 Å². The molecule has 1 amide bonds. The van der Waals surface area contributed by atoms with Crippen LogP contribution in [0.25, 0.3) is 0 Å². The number of thiazole rings is 1. The lowest BCUT2D eigenvalue weighted by molar-refractivity contribution is -0.116. The third-order valence-electron chi connectivity index (χ3n) is 4.48. The van der Waals surface area contributed by atoms with Crippen molar-refractivity contribution in [2.75, 3.05) is 17.6 Å². The molecule has 142 valence electrons. The molecule has 0 fully saturated rings. The molecule has 0 aliphatic carbocycles. The van der Waals surface area contributed by atoms with Crippen LogP contribution in [0.3, 0.4) is 0 Å². The van der Waals surface area contributed by atoms with Crippen LogP contribution in [0.5, 0.6) is 0 Å². The Bertz CT molecular complexity index is 897. The molecule has 1 aliphatic heterocycles. The Kier molecular flexibility index (Phi) is 5.44. The van der Waals surface area contributed by atoms with E-state index in [1.165, 1.54) is 15.6 Å². The normalized spacial score (nSPS) is 15.0. The SMILES string of the molecule is CCS(=O)(=O)N1CCc2nc(NC(=O)CCc3c(C)noc3C)sc2C1. The molecular weight excluding hydrogens is 376 g/mol. The third kappa shape index (κ3) is 3.97. The molecule has 3 rings (SSSR count). The minimum absolute atomic E-state index is 0.0897. The van der Waals surface area contributed by atoms with Crippen molar-refractivity contribution in [1.29, 1.82) is 0 Å². The van der Waals surface area contributed by atoms with Crippen molar-refractivity contribution in [3.8, 4) is 0 Å². The maximum Gasteiger partial charge on any atom is 0.226 e. The summed E-state index contributed by atoms with van der Waals surface area (Å²) in [5.74, 6) is 0.693. The third-order valence-corrected chi connectivity index (χ3v) is 7.31. The first-order valence-electron chi connectivity index (χ1n) is 8.48. The topological polar surface area (TPSA) is 105 Å². The Balaban J connectivity index is 1.61. The van der Waals surface area contributed by atoms with Gasteiger partial charge < -0.3 is 9.84 Å². The van der Waals surface area contributed by atoms with E-state index in [0.717, 1.165) is 27.6 Å². The zero-order chi connectivity index (χ0) is 18.9. The maximum atomic E-state index is 12.2. The second-order valence-electron chi connectivity index (χ2n) is 6.22. The van der Waals surface area contributed by atoms with Gasteiger partial charge in [-0.05, 0) is 27.2 Å². The quantitative estimate of drug-likeness (QED) is 0.798. The van der Waals surface area contributed by atoms with Gasteiger partial charge in [0.1, 0.15) is 5.76 Å². The second-order valence-corrected chi connectivity index (χ2v) is 9.57. The van der Waals surface area contributed by atoms with Gasteiger partial charge in [-0.3, -0.25) is 4.79 Å². The average molecular weight is 399 g/mol. The molecule has 26 heavy (non-hydrogen) atoms. The maximum absolute atomic E-state index is 12.2. The van der Waals surface area contributed by atoms with Gasteiger partial charge in [0.15, 0.2) is 5.13 Å². The summed E-state index contributed by atoms with van der Waals surface area (Å²) in [6.07, 6.45) is 1.43. The first kappa shape index (κ1) is 19.0. The standard InChI is InChI=1S/C16H22N4O4S2/c1-4-26(22,23)20-8-7-13-14(9-20)25-16(17-13)18-15(21)6-5-12-10(2)19-24-11(12)3/h4-9H2,1-3H3,(H,17,18,21). The number of nitrogens with one attached hydrogen (secondary N) is 1. The summed E-state index contributed by atoms with van der Waals surface area (Å²) in [5.41, 5.74) is 2.63. The van der Waals surface area contributed by atoms with Gasteiger partial charge in [-0.1, -0.05) is 5.16 Å². The molecule has 0 spiro atoms. The van der Waals surface area contributed by atoms with Crippen molar-refractivity contribution in [1.82, 2.24) is 14.4 Å². The van der Waals surface area contributed by atoms with Gasteiger partial charge in [-0.2, -0.15) is 4.31 Å². The Labute approximate surface area is 156 Å². The van der Waals surface area contributed by atoms with E-state index in [2.05, 4.69) is 15.5 Å². The number of nitrogens with zero attached hydrogens (tertiary/aromatic N) is 3. The number of rotatable bonds is 6. The molecule has 0 saturated carbocycles. The van der Waals surface area contributed by atoms with Gasteiger partial charge in [-0.15, -0.1) is 11.3 Å². The van der Waals surface area contributed by atoms with Crippen LogP contribution >= 0.6 is 11.3 Å². The molecule has 0 unspecified atom stereocenters. The molecule has 0 radical (unpaired) electrons. The number of hydrogen-bond donors (Lipinski definition) is 1. The number of carbonyl (C=O) groups is 1. The van der Waals surface area contributed by atoms with Crippen molar-refractivity contribution >= 4 is 32.4 Å². The highest BCUT2D eigenvalue weighted by atomic mass is 32.2. The molecule has 2 aromatic heterocycles. The van der Waals surface area contributed by atoms with Crippen LogP contribution in [0.15, 0.2) is 4.52 Å². The van der Waals surface area contributed by atoms with Crippen molar-refractivity contribution in [2.45, 2.75) is 46.6 Å². The van der Waals surface area contributed by atoms with Gasteiger partial charge in [0.2, 0.25) is 15.9 Å². The molecule has 0 bridgehead atoms. The molecule has 3 heterocycles. The first-order chi connectivity index (χ1) is 12.3. The van der Waals surface area contributed by atoms with Crippen molar-refractivity contribution < 1.29 is 17.7 Å². The Morgan fingerprint density at radius 1 is 1.38 bits per heavy atom. The number of aromatic nitrogens is 2. The number of anilines is 1. The predicted molar refractivity (Wildman–Crippen MR) is 98.6 cm³/mol. The number of amides is 1. The Hall–Kier alpha value is -1.78. The lowest BCUT2D eigenvalue weighted by atomic mass is 10.1. The summed E-state index contributed by atoms with van der Waals surface area (Å²) in [7, 11) is -3.21. The fourth-order valence-electron chi connectivity index (χ4n) is 2.92. The monoisotopic (exact) mass is 398 g/mol. The lowest BCUT2D eigenvalue weighted by Crippen LogP contribution is -2.36. The number of sulfonamides is 1. The fraction of sp³-hybridized carbons (Fsp3) is 0.562. The van der Waals surface area contributed by atoms with Crippen LogP contribution in [0.2, 0.25) is 0 Å². The molecule has 1 aliphatic rings. The van der Waals surface area contributed by atoms with Crippen molar-refractivity contribution in [3.63, 3.8) is 0 Å². The van der Waals surface area contributed by atoms with Crippen molar-refractivity contribution in [3.05, 3.63) is 27.6 Å². The second kappa shape index (κ2) is 7.45. The zero-order valence-electron chi connectivity index (χ0n) is 15.0. The summed E-state index contributed by atoms with van der Waals surface area (Å²) < 4.78 is 30.6. The molecule has 0 atom stereocenters. The molecule has 0 saturated heterocycles. The summed E-state index contributed by atoms with van der Waals surface area (Å²) in [5, 5.41) is 7.23. The molecule has 0 aromatic carbocycles. The first-order valence-corrected chi connectivity index (χ1v) is 10.9. The summed E-state index contributed by atoms with van der Waals surface area (Å²) in [6, 6.07) is 0. The highest BCUT2D eigenvalue weighted by Gasteiger charge is 2.28. The Morgan fingerprint density at radius 3 is 2.81 bits per heavy atom. The average Bonchev–Trinajstić information content (AvgIpc) is 3.14. The smallest absolute Gasteiger partial charge is 0.226 e. The van der Waals surface area contributed by atoms with Crippen LogP contribution in [-0.4, -0.2) is 41.1 Å². The Morgan fingerprint density at radius 2 is 2.15 bits per heavy atom. The molecule has 10 heteroatoms. The molecule has 1 N–H and O–H groups in total. The summed E-state index contributed by atoms with van der Waals surface area (Å²) >= 11 is 1.34. The predicted octanol–water partition coefficient (Wildman–Crippen LogP) is 2.03. The van der Waals surface area contributed by atoms with Crippen LogP contribution < -0.4 is 5.32 Å². The molecule has 2 aromatic rings. The van der Waals surface area contributed by atoms with E-state index in [1.807, 2.05) is 13.8 Å². The zero-order valence-corrected chi connectivity index (χ0v) is 16.7. The highest BCUT2D eigenvalue weighted by Crippen LogP contribution is 2.29. The van der Waals surface area contributed by atoms with Crippen LogP contribution in [0, 0.1) is 13.8 Å². The fourth-order valence-corrected chi connectivity index (χ4v) is 5.11. The van der Waals surface area contributed by atoms with Gasteiger partial charge in [0.25, 0.3) is 0 Å². The lowest BCUT2D eigenvalue weighted by Gasteiger charge is -2.24. The minimum Gasteiger partial charge on any atom is -0.361 e. The van der Waals surface area contributed by atoms with Crippen LogP contribution in [-0.2, 0) is 34.2 Å². The van der Waals surface area contributed by atoms with E-state index in [0.29, 0.717) is 37.5 Å². The van der Waals surface area contributed by atoms with Gasteiger partial charge in [0, 0.05) is 36.4 Å². The van der Waals surface area contributed by atoms with E-state index in [-0.39, 0.29) is 11.7 Å². The largest absolute Gasteiger partial charge is 0.361 e. The number of aryl methyl sites for hydroxylation is 2. The molecular formula is C16H22N4O4S2. The van der Waals surface area contributed by atoms with Crippen LogP contribution in [0.4, 0.5) is 5.13 Å². The van der Waals surface area contributed by atoms with E-state index in [9.17, 15) is 13.2 Å². The van der Waals surface area contributed by atoms with Gasteiger partial charge in [0.05, 0.1) is 17.1 Å². The van der Waals surface area contributed by atoms with E-state index < -0.39 is 10.0 Å². The highest BCUT2D eigenvalue weighted by molar-refractivity contribution is 7.89. The number of fused-ring (bicyclic) bond motifs is 1. The van der Waals surface area contributed by atoms with E-state index in [1.54, 1.807) is 6.92 Å². The summed E-state index contributed by atoms with van der Waals surface area (Å²) in [6.45, 7) is 6.10. The van der Waals surface area contributed by atoms with E-state index in [4.69, 9.17) is 4.52 Å². The van der Waals surface area contributed by atoms with Crippen molar-refractivity contribution in [2.24, 2.45) is 0 Å².